The highest BCUT2D eigenvalue weighted by molar-refractivity contribution is 7.15. The Kier molecular flexibility index (Phi) is 4.36. The number of carbonyl (C=O) groups excluding carboxylic acids is 1. The average Bonchev–Trinajstić information content (AvgIpc) is 2.86. The van der Waals surface area contributed by atoms with Crippen molar-refractivity contribution in [2.75, 3.05) is 11.9 Å². The van der Waals surface area contributed by atoms with E-state index in [0.717, 1.165) is 5.01 Å². The van der Waals surface area contributed by atoms with Crippen LogP contribution in [0.5, 0.6) is 0 Å². The van der Waals surface area contributed by atoms with Crippen molar-refractivity contribution in [1.29, 1.82) is 0 Å². The fourth-order valence-corrected chi connectivity index (χ4v) is 3.40. The Labute approximate surface area is 135 Å². The predicted molar refractivity (Wildman–Crippen MR) is 88.0 cm³/mol. The highest BCUT2D eigenvalue weighted by Crippen LogP contribution is 2.50. The smallest absolute Gasteiger partial charge is 0.247 e. The average molecular weight is 326 g/mol. The normalized spacial score (nSPS) is 27.3. The molecule has 6 nitrogen and oxygen atoms in total. The largest absolute Gasteiger partial charge is 0.378 e. The van der Waals surface area contributed by atoms with Gasteiger partial charge in [0.05, 0.1) is 6.10 Å². The SMILES string of the molecule is CCOC1CC(N)(C(=O)Nc2nnc(C(C)(C)C)s2)C1(C)C. The molecule has 1 heterocycles. The van der Waals surface area contributed by atoms with Crippen molar-refractivity contribution in [3.05, 3.63) is 5.01 Å². The van der Waals surface area contributed by atoms with Crippen LogP contribution in [-0.2, 0) is 14.9 Å². The Morgan fingerprint density at radius 2 is 2.09 bits per heavy atom. The van der Waals surface area contributed by atoms with E-state index < -0.39 is 11.0 Å². The number of hydrogen-bond donors (Lipinski definition) is 2. The highest BCUT2D eigenvalue weighted by Gasteiger charge is 2.63. The number of nitrogens with zero attached hydrogens (tertiary/aromatic N) is 2. The standard InChI is InChI=1S/C15H26N4O2S/c1-7-21-9-8-15(16,14(9,5)6)10(20)17-12-19-18-11(22-12)13(2,3)4/h9H,7-8,16H2,1-6H3,(H,17,19,20). The summed E-state index contributed by atoms with van der Waals surface area (Å²) in [5.41, 5.74) is 4.91. The van der Waals surface area contributed by atoms with Gasteiger partial charge in [0.2, 0.25) is 11.0 Å². The molecule has 2 rings (SSSR count). The fraction of sp³-hybridized carbons (Fsp3) is 0.800. The van der Waals surface area contributed by atoms with Crippen molar-refractivity contribution in [1.82, 2.24) is 10.2 Å². The topological polar surface area (TPSA) is 90.1 Å². The number of carbonyl (C=O) groups is 1. The van der Waals surface area contributed by atoms with Gasteiger partial charge in [0, 0.05) is 23.9 Å². The minimum absolute atomic E-state index is 0.00723. The molecule has 1 aliphatic rings. The Bertz CT molecular complexity index is 564. The van der Waals surface area contributed by atoms with Crippen LogP contribution in [0.3, 0.4) is 0 Å². The molecule has 1 aromatic rings. The van der Waals surface area contributed by atoms with E-state index in [1.807, 2.05) is 20.8 Å². The second-order valence-electron chi connectivity index (χ2n) is 7.46. The lowest BCUT2D eigenvalue weighted by molar-refractivity contribution is -0.166. The van der Waals surface area contributed by atoms with Crippen LogP contribution in [0.15, 0.2) is 0 Å². The third-order valence-electron chi connectivity index (χ3n) is 4.52. The van der Waals surface area contributed by atoms with Crippen molar-refractivity contribution in [2.24, 2.45) is 11.1 Å². The van der Waals surface area contributed by atoms with Gasteiger partial charge in [-0.1, -0.05) is 46.0 Å². The Hall–Kier alpha value is -1.05. The first-order valence-electron chi connectivity index (χ1n) is 7.58. The zero-order valence-corrected chi connectivity index (χ0v) is 15.0. The first kappa shape index (κ1) is 17.3. The molecule has 22 heavy (non-hydrogen) atoms. The lowest BCUT2D eigenvalue weighted by Gasteiger charge is -2.57. The minimum Gasteiger partial charge on any atom is -0.378 e. The van der Waals surface area contributed by atoms with Crippen molar-refractivity contribution >= 4 is 22.4 Å². The molecule has 1 aliphatic carbocycles. The molecule has 124 valence electrons. The number of aromatic nitrogens is 2. The summed E-state index contributed by atoms with van der Waals surface area (Å²) in [4.78, 5) is 12.6. The predicted octanol–water partition coefficient (Wildman–Crippen LogP) is 2.31. The summed E-state index contributed by atoms with van der Waals surface area (Å²) in [7, 11) is 0. The zero-order valence-electron chi connectivity index (χ0n) is 14.2. The number of nitrogens with one attached hydrogen (secondary N) is 1. The Morgan fingerprint density at radius 1 is 1.45 bits per heavy atom. The van der Waals surface area contributed by atoms with Crippen molar-refractivity contribution in [3.63, 3.8) is 0 Å². The Balaban J connectivity index is 2.08. The van der Waals surface area contributed by atoms with Gasteiger partial charge in [-0.3, -0.25) is 10.1 Å². The maximum Gasteiger partial charge on any atom is 0.247 e. The molecule has 0 aromatic carbocycles. The molecule has 7 heteroatoms. The van der Waals surface area contributed by atoms with Gasteiger partial charge >= 0.3 is 0 Å². The first-order chi connectivity index (χ1) is 10.0. The van der Waals surface area contributed by atoms with Gasteiger partial charge in [-0.15, -0.1) is 10.2 Å². The maximum absolute atomic E-state index is 12.6. The summed E-state index contributed by atoms with van der Waals surface area (Å²) in [6, 6.07) is 0. The monoisotopic (exact) mass is 326 g/mol. The van der Waals surface area contributed by atoms with Gasteiger partial charge in [-0.25, -0.2) is 0 Å². The third-order valence-corrected chi connectivity index (χ3v) is 5.79. The molecule has 1 saturated carbocycles. The molecule has 0 radical (unpaired) electrons. The second kappa shape index (κ2) is 5.54. The zero-order chi connectivity index (χ0) is 16.8. The van der Waals surface area contributed by atoms with Crippen LogP contribution in [0, 0.1) is 5.41 Å². The summed E-state index contributed by atoms with van der Waals surface area (Å²) in [6.07, 6.45) is 0.526. The van der Waals surface area contributed by atoms with Gasteiger partial charge in [-0.05, 0) is 6.92 Å². The van der Waals surface area contributed by atoms with E-state index in [0.29, 0.717) is 18.2 Å². The number of anilines is 1. The number of rotatable bonds is 4. The molecule has 0 spiro atoms. The highest BCUT2D eigenvalue weighted by atomic mass is 32.1. The summed E-state index contributed by atoms with van der Waals surface area (Å²) in [5, 5.41) is 12.4. The van der Waals surface area contributed by atoms with Crippen molar-refractivity contribution in [3.8, 4) is 0 Å². The van der Waals surface area contributed by atoms with Crippen LogP contribution in [0.1, 0.15) is 53.0 Å². The number of hydrogen-bond acceptors (Lipinski definition) is 6. The number of nitrogens with two attached hydrogens (primary N) is 1. The van der Waals surface area contributed by atoms with Gasteiger partial charge < -0.3 is 10.5 Å². The quantitative estimate of drug-likeness (QED) is 0.886. The van der Waals surface area contributed by atoms with Crippen molar-refractivity contribution in [2.45, 2.75) is 65.0 Å². The van der Waals surface area contributed by atoms with Crippen LogP contribution in [0.25, 0.3) is 0 Å². The van der Waals surface area contributed by atoms with E-state index in [1.54, 1.807) is 0 Å². The molecule has 2 atom stereocenters. The van der Waals surface area contributed by atoms with Crippen LogP contribution in [-0.4, -0.2) is 34.4 Å². The van der Waals surface area contributed by atoms with E-state index in [4.69, 9.17) is 10.5 Å². The first-order valence-corrected chi connectivity index (χ1v) is 8.40. The molecule has 1 aromatic heterocycles. The molecule has 0 bridgehead atoms. The molecule has 1 fully saturated rings. The van der Waals surface area contributed by atoms with Gasteiger partial charge in [0.1, 0.15) is 10.5 Å². The van der Waals surface area contributed by atoms with Crippen LogP contribution < -0.4 is 11.1 Å². The van der Waals surface area contributed by atoms with E-state index in [2.05, 4.69) is 36.3 Å². The molecule has 0 saturated heterocycles. The third kappa shape index (κ3) is 2.77. The maximum atomic E-state index is 12.6. The lowest BCUT2D eigenvalue weighted by Crippen LogP contribution is -2.74. The lowest BCUT2D eigenvalue weighted by atomic mass is 9.54. The van der Waals surface area contributed by atoms with Crippen molar-refractivity contribution < 1.29 is 9.53 Å². The number of amides is 1. The molecule has 2 unspecified atom stereocenters. The molecular weight excluding hydrogens is 300 g/mol. The van der Waals surface area contributed by atoms with Gasteiger partial charge in [0.25, 0.3) is 0 Å². The molecular formula is C15H26N4O2S. The van der Waals surface area contributed by atoms with Crippen LogP contribution in [0.4, 0.5) is 5.13 Å². The minimum atomic E-state index is -0.944. The van der Waals surface area contributed by atoms with Crippen LogP contribution >= 0.6 is 11.3 Å². The van der Waals surface area contributed by atoms with Gasteiger partial charge in [-0.2, -0.15) is 0 Å². The summed E-state index contributed by atoms with van der Waals surface area (Å²) in [6.45, 7) is 12.7. The van der Waals surface area contributed by atoms with E-state index >= 15 is 0 Å². The van der Waals surface area contributed by atoms with E-state index in [1.165, 1.54) is 11.3 Å². The Morgan fingerprint density at radius 3 is 2.55 bits per heavy atom. The summed E-state index contributed by atoms with van der Waals surface area (Å²) < 4.78 is 5.65. The second-order valence-corrected chi connectivity index (χ2v) is 8.44. The van der Waals surface area contributed by atoms with E-state index in [9.17, 15) is 4.79 Å². The summed E-state index contributed by atoms with van der Waals surface area (Å²) in [5.74, 6) is -0.218. The molecule has 0 aliphatic heterocycles. The summed E-state index contributed by atoms with van der Waals surface area (Å²) >= 11 is 1.39. The van der Waals surface area contributed by atoms with Crippen LogP contribution in [0.2, 0.25) is 0 Å². The molecule has 1 amide bonds. The molecule has 3 N–H and O–H groups in total. The van der Waals surface area contributed by atoms with E-state index in [-0.39, 0.29) is 17.4 Å². The fourth-order valence-electron chi connectivity index (χ4n) is 2.61. The van der Waals surface area contributed by atoms with Gasteiger partial charge in [0.15, 0.2) is 0 Å². The number of ether oxygens (including phenoxy) is 1.